The van der Waals surface area contributed by atoms with E-state index in [1.54, 1.807) is 12.4 Å². The van der Waals surface area contributed by atoms with Gasteiger partial charge in [0.15, 0.2) is 0 Å². The van der Waals surface area contributed by atoms with E-state index in [0.29, 0.717) is 6.42 Å². The highest BCUT2D eigenvalue weighted by Gasteiger charge is 2.44. The number of carbonyl (C=O) groups is 1. The van der Waals surface area contributed by atoms with E-state index < -0.39 is 0 Å². The largest absolute Gasteiger partial charge is 0.336 e. The van der Waals surface area contributed by atoms with Crippen molar-refractivity contribution in [3.05, 3.63) is 42.5 Å². The minimum absolute atomic E-state index is 0.171. The lowest BCUT2D eigenvalue weighted by molar-refractivity contribution is -0.120. The van der Waals surface area contributed by atoms with Gasteiger partial charge in [0.05, 0.1) is 24.0 Å². The number of aryl methyl sites for hydroxylation is 1. The van der Waals surface area contributed by atoms with Crippen LogP contribution in [0.2, 0.25) is 0 Å². The summed E-state index contributed by atoms with van der Waals surface area (Å²) < 4.78 is 0. The SMILES string of the molecule is CCc1cnc(N2CC[C@@H]3[C@H]2CCC(=O)N3c2cccnc2)nc1. The van der Waals surface area contributed by atoms with E-state index in [4.69, 9.17) is 0 Å². The van der Waals surface area contributed by atoms with E-state index in [1.807, 2.05) is 29.4 Å². The van der Waals surface area contributed by atoms with E-state index in [0.717, 1.165) is 43.0 Å². The molecule has 2 atom stereocenters. The van der Waals surface area contributed by atoms with Crippen LogP contribution in [0.25, 0.3) is 0 Å². The van der Waals surface area contributed by atoms with Crippen molar-refractivity contribution in [2.45, 2.75) is 44.7 Å². The van der Waals surface area contributed by atoms with E-state index >= 15 is 0 Å². The molecule has 2 aromatic heterocycles. The topological polar surface area (TPSA) is 62.2 Å². The van der Waals surface area contributed by atoms with Crippen molar-refractivity contribution < 1.29 is 4.79 Å². The van der Waals surface area contributed by atoms with Crippen molar-refractivity contribution >= 4 is 17.5 Å². The number of rotatable bonds is 3. The molecule has 0 aliphatic carbocycles. The molecule has 0 radical (unpaired) electrons. The quantitative estimate of drug-likeness (QED) is 0.866. The molecule has 4 rings (SSSR count). The lowest BCUT2D eigenvalue weighted by Crippen LogP contribution is -2.53. The number of hydrogen-bond acceptors (Lipinski definition) is 5. The van der Waals surface area contributed by atoms with Crippen LogP contribution in [0.1, 0.15) is 31.7 Å². The Bertz CT molecular complexity index is 718. The average molecular weight is 323 g/mol. The molecule has 0 bridgehead atoms. The number of carbonyl (C=O) groups excluding carboxylic acids is 1. The summed E-state index contributed by atoms with van der Waals surface area (Å²) in [7, 11) is 0. The molecule has 24 heavy (non-hydrogen) atoms. The Balaban J connectivity index is 1.61. The highest BCUT2D eigenvalue weighted by molar-refractivity contribution is 5.95. The highest BCUT2D eigenvalue weighted by atomic mass is 16.2. The maximum absolute atomic E-state index is 12.5. The highest BCUT2D eigenvalue weighted by Crippen LogP contribution is 2.35. The second-order valence-corrected chi connectivity index (χ2v) is 6.38. The van der Waals surface area contributed by atoms with Gasteiger partial charge in [-0.15, -0.1) is 0 Å². The van der Waals surface area contributed by atoms with E-state index in [1.165, 1.54) is 0 Å². The molecule has 6 heteroatoms. The van der Waals surface area contributed by atoms with Crippen LogP contribution in [0.5, 0.6) is 0 Å². The number of anilines is 2. The van der Waals surface area contributed by atoms with Gasteiger partial charge >= 0.3 is 0 Å². The first-order chi connectivity index (χ1) is 11.8. The van der Waals surface area contributed by atoms with Gasteiger partial charge in [0, 0.05) is 31.6 Å². The molecule has 2 aliphatic heterocycles. The zero-order valence-electron chi connectivity index (χ0n) is 13.8. The lowest BCUT2D eigenvalue weighted by atomic mass is 9.96. The van der Waals surface area contributed by atoms with Gasteiger partial charge in [-0.05, 0) is 37.0 Å². The molecule has 2 saturated heterocycles. The molecule has 2 fully saturated rings. The van der Waals surface area contributed by atoms with Gasteiger partial charge in [-0.3, -0.25) is 9.78 Å². The molecule has 1 amide bonds. The third-order valence-electron chi connectivity index (χ3n) is 5.05. The average Bonchev–Trinajstić information content (AvgIpc) is 3.06. The lowest BCUT2D eigenvalue weighted by Gasteiger charge is -2.39. The second-order valence-electron chi connectivity index (χ2n) is 6.38. The van der Waals surface area contributed by atoms with Crippen LogP contribution in [0.15, 0.2) is 36.9 Å². The van der Waals surface area contributed by atoms with Gasteiger partial charge in [-0.1, -0.05) is 6.92 Å². The second kappa shape index (κ2) is 6.19. The molecule has 0 saturated carbocycles. The Hall–Kier alpha value is -2.50. The fraction of sp³-hybridized carbons (Fsp3) is 0.444. The Morgan fingerprint density at radius 2 is 2.00 bits per heavy atom. The predicted octanol–water partition coefficient (Wildman–Crippen LogP) is 2.21. The van der Waals surface area contributed by atoms with Gasteiger partial charge in [0.1, 0.15) is 0 Å². The van der Waals surface area contributed by atoms with Crippen molar-refractivity contribution in [1.82, 2.24) is 15.0 Å². The number of fused-ring (bicyclic) bond motifs is 1. The summed E-state index contributed by atoms with van der Waals surface area (Å²) in [6.45, 7) is 2.98. The summed E-state index contributed by atoms with van der Waals surface area (Å²) in [6.07, 6.45) is 10.6. The van der Waals surface area contributed by atoms with E-state index in [2.05, 4.69) is 26.8 Å². The van der Waals surface area contributed by atoms with Crippen LogP contribution in [-0.4, -0.2) is 39.5 Å². The first kappa shape index (κ1) is 15.1. The molecule has 6 nitrogen and oxygen atoms in total. The predicted molar refractivity (Wildman–Crippen MR) is 91.9 cm³/mol. The Labute approximate surface area is 141 Å². The van der Waals surface area contributed by atoms with Crippen LogP contribution in [-0.2, 0) is 11.2 Å². The number of aromatic nitrogens is 3. The van der Waals surface area contributed by atoms with Crippen LogP contribution in [0.4, 0.5) is 11.6 Å². The van der Waals surface area contributed by atoms with Crippen molar-refractivity contribution in [2.24, 2.45) is 0 Å². The maximum Gasteiger partial charge on any atom is 0.227 e. The van der Waals surface area contributed by atoms with E-state index in [9.17, 15) is 4.79 Å². The van der Waals surface area contributed by atoms with Crippen molar-refractivity contribution in [3.63, 3.8) is 0 Å². The fourth-order valence-corrected chi connectivity index (χ4v) is 3.82. The Kier molecular flexibility index (Phi) is 3.88. The molecule has 2 aromatic rings. The standard InChI is InChI=1S/C18H21N5O/c1-2-13-10-20-18(21-11-13)22-9-7-16-15(22)5-6-17(24)23(16)14-4-3-8-19-12-14/h3-4,8,10-12,15-16H,2,5-7,9H2,1H3/t15-,16-/m1/s1. The third-order valence-corrected chi connectivity index (χ3v) is 5.05. The van der Waals surface area contributed by atoms with Crippen molar-refractivity contribution in [1.29, 1.82) is 0 Å². The minimum Gasteiger partial charge on any atom is -0.336 e. The minimum atomic E-state index is 0.171. The smallest absolute Gasteiger partial charge is 0.227 e. The van der Waals surface area contributed by atoms with Crippen LogP contribution >= 0.6 is 0 Å². The molecule has 0 spiro atoms. The molecule has 0 aromatic carbocycles. The van der Waals surface area contributed by atoms with Crippen LogP contribution in [0, 0.1) is 0 Å². The summed E-state index contributed by atoms with van der Waals surface area (Å²) >= 11 is 0. The normalized spacial score (nSPS) is 23.5. The number of piperidine rings is 1. The van der Waals surface area contributed by atoms with Gasteiger partial charge < -0.3 is 9.80 Å². The Morgan fingerprint density at radius 1 is 1.17 bits per heavy atom. The molecular formula is C18H21N5O. The molecular weight excluding hydrogens is 302 g/mol. The van der Waals surface area contributed by atoms with Gasteiger partial charge in [-0.2, -0.15) is 0 Å². The summed E-state index contributed by atoms with van der Waals surface area (Å²) in [5.74, 6) is 0.966. The van der Waals surface area contributed by atoms with Crippen molar-refractivity contribution in [3.8, 4) is 0 Å². The van der Waals surface area contributed by atoms with Crippen LogP contribution in [0.3, 0.4) is 0 Å². The van der Waals surface area contributed by atoms with Gasteiger partial charge in [-0.25, -0.2) is 9.97 Å². The molecule has 2 aliphatic rings. The molecule has 124 valence electrons. The summed E-state index contributed by atoms with van der Waals surface area (Å²) in [5.41, 5.74) is 2.03. The van der Waals surface area contributed by atoms with Crippen molar-refractivity contribution in [2.75, 3.05) is 16.3 Å². The van der Waals surface area contributed by atoms with Gasteiger partial charge in [0.25, 0.3) is 0 Å². The Morgan fingerprint density at radius 3 is 2.71 bits per heavy atom. The summed E-state index contributed by atoms with van der Waals surface area (Å²) in [5, 5.41) is 0. The number of hydrogen-bond donors (Lipinski definition) is 0. The number of amides is 1. The molecule has 0 N–H and O–H groups in total. The van der Waals surface area contributed by atoms with Gasteiger partial charge in [0.2, 0.25) is 11.9 Å². The van der Waals surface area contributed by atoms with E-state index in [-0.39, 0.29) is 18.0 Å². The molecule has 0 unspecified atom stereocenters. The monoisotopic (exact) mass is 323 g/mol. The third kappa shape index (κ3) is 2.52. The number of pyridine rings is 1. The first-order valence-corrected chi connectivity index (χ1v) is 8.57. The fourth-order valence-electron chi connectivity index (χ4n) is 3.82. The molecule has 4 heterocycles. The zero-order chi connectivity index (χ0) is 16.5. The zero-order valence-corrected chi connectivity index (χ0v) is 13.8. The maximum atomic E-state index is 12.5. The summed E-state index contributed by atoms with van der Waals surface area (Å²) in [6, 6.07) is 4.29. The summed E-state index contributed by atoms with van der Waals surface area (Å²) in [4.78, 5) is 30.0. The first-order valence-electron chi connectivity index (χ1n) is 8.57. The van der Waals surface area contributed by atoms with Crippen LogP contribution < -0.4 is 9.80 Å². The number of nitrogens with zero attached hydrogens (tertiary/aromatic N) is 5.